The minimum atomic E-state index is -5.15. The number of sulfonamides is 1. The number of hydrogen-bond acceptors (Lipinski definition) is 3. The minimum absolute atomic E-state index is 0.0778. The summed E-state index contributed by atoms with van der Waals surface area (Å²) in [6, 6.07) is 6.69. The van der Waals surface area contributed by atoms with Crippen LogP contribution < -0.4 is 10.0 Å². The smallest absolute Gasteiger partial charge is 0.310 e. The zero-order valence-corrected chi connectivity index (χ0v) is 19.2. The molecule has 2 aromatic carbocycles. The van der Waals surface area contributed by atoms with Gasteiger partial charge in [-0.05, 0) is 49.1 Å². The fraction of sp³-hybridized carbons (Fsp3) is 0.478. The van der Waals surface area contributed by atoms with Gasteiger partial charge in [-0.1, -0.05) is 43.9 Å². The molecule has 2 N–H and O–H groups in total. The van der Waals surface area contributed by atoms with Crippen molar-refractivity contribution in [1.29, 1.82) is 0 Å². The molecule has 0 saturated heterocycles. The van der Waals surface area contributed by atoms with Crippen LogP contribution in [-0.4, -0.2) is 14.5 Å². The molecule has 11 heteroatoms. The summed E-state index contributed by atoms with van der Waals surface area (Å²) in [5, 5.41) is 3.32. The van der Waals surface area contributed by atoms with Crippen LogP contribution in [0.15, 0.2) is 47.4 Å². The minimum Gasteiger partial charge on any atom is -0.310 e. The molecule has 0 radical (unpaired) electrons. The van der Waals surface area contributed by atoms with Gasteiger partial charge in [-0.3, -0.25) is 4.72 Å². The van der Waals surface area contributed by atoms with Crippen LogP contribution in [0.25, 0.3) is 0 Å². The first-order valence-corrected chi connectivity index (χ1v) is 12.4. The zero-order valence-electron chi connectivity index (χ0n) is 18.4. The van der Waals surface area contributed by atoms with Gasteiger partial charge in [-0.2, -0.15) is 26.3 Å². The van der Waals surface area contributed by atoms with Crippen LogP contribution >= 0.6 is 0 Å². The molecule has 1 fully saturated rings. The van der Waals surface area contributed by atoms with Gasteiger partial charge in [0.05, 0.1) is 21.7 Å². The van der Waals surface area contributed by atoms with Crippen molar-refractivity contribution in [2.45, 2.75) is 68.9 Å². The highest BCUT2D eigenvalue weighted by atomic mass is 32.2. The Morgan fingerprint density at radius 1 is 0.941 bits per heavy atom. The number of benzene rings is 2. The highest BCUT2D eigenvalue weighted by Crippen LogP contribution is 2.37. The lowest BCUT2D eigenvalue weighted by molar-refractivity contribution is -0.143. The van der Waals surface area contributed by atoms with Crippen LogP contribution in [-0.2, 0) is 28.9 Å². The normalized spacial score (nSPS) is 16.6. The SMILES string of the molecule is C[C@@H](CC1CCCC1)NCc1ccccc1NS(=O)(=O)c1cc(C(F)(F)F)cc(C(F)(F)F)c1. The molecular weight excluding hydrogens is 482 g/mol. The predicted octanol–water partition coefficient (Wildman–Crippen LogP) is 6.58. The van der Waals surface area contributed by atoms with Gasteiger partial charge in [0.25, 0.3) is 10.0 Å². The molecule has 0 aliphatic heterocycles. The number of anilines is 1. The molecular formula is C23H26F6N2O2S. The Labute approximate surface area is 194 Å². The predicted molar refractivity (Wildman–Crippen MR) is 117 cm³/mol. The van der Waals surface area contributed by atoms with Crippen molar-refractivity contribution in [1.82, 2.24) is 5.32 Å². The van der Waals surface area contributed by atoms with Crippen molar-refractivity contribution < 1.29 is 34.8 Å². The van der Waals surface area contributed by atoms with Crippen molar-refractivity contribution >= 4 is 15.7 Å². The fourth-order valence-electron chi connectivity index (χ4n) is 4.17. The Balaban J connectivity index is 1.82. The Kier molecular flexibility index (Phi) is 7.86. The highest BCUT2D eigenvalue weighted by Gasteiger charge is 2.38. The van der Waals surface area contributed by atoms with Gasteiger partial charge in [0.1, 0.15) is 0 Å². The van der Waals surface area contributed by atoms with E-state index in [4.69, 9.17) is 0 Å². The van der Waals surface area contributed by atoms with Crippen LogP contribution in [0.3, 0.4) is 0 Å². The first-order chi connectivity index (χ1) is 15.8. The molecule has 0 heterocycles. The third kappa shape index (κ3) is 6.88. The molecule has 1 saturated carbocycles. The van der Waals surface area contributed by atoms with Gasteiger partial charge in [-0.25, -0.2) is 8.42 Å². The van der Waals surface area contributed by atoms with E-state index in [1.165, 1.54) is 37.8 Å². The largest absolute Gasteiger partial charge is 0.416 e. The van der Waals surface area contributed by atoms with E-state index >= 15 is 0 Å². The lowest BCUT2D eigenvalue weighted by Gasteiger charge is -2.20. The van der Waals surface area contributed by atoms with Crippen LogP contribution in [0, 0.1) is 5.92 Å². The standard InChI is InChI=1S/C23H26F6N2O2S/c1-15(10-16-6-2-3-7-16)30-14-17-8-4-5-9-21(17)31-34(32,33)20-12-18(22(24,25)26)11-19(13-20)23(27,28)29/h4-5,8-9,11-13,15-16,30-31H,2-3,6-7,10,14H2,1H3/t15-/m0/s1. The first kappa shape index (κ1) is 26.3. The number of rotatable bonds is 8. The summed E-state index contributed by atoms with van der Waals surface area (Å²) in [4.78, 5) is -1.12. The third-order valence-corrected chi connectivity index (χ3v) is 7.28. The Hall–Kier alpha value is -2.27. The maximum absolute atomic E-state index is 13.1. The number of halogens is 6. The van der Waals surface area contributed by atoms with Gasteiger partial charge < -0.3 is 5.32 Å². The van der Waals surface area contributed by atoms with Crippen molar-refractivity contribution in [2.24, 2.45) is 5.92 Å². The summed E-state index contributed by atoms with van der Waals surface area (Å²) >= 11 is 0. The van der Waals surface area contributed by atoms with E-state index in [2.05, 4.69) is 10.0 Å². The van der Waals surface area contributed by atoms with Gasteiger partial charge in [0, 0.05) is 12.6 Å². The summed E-state index contributed by atoms with van der Waals surface area (Å²) < 4.78 is 107. The van der Waals surface area contributed by atoms with Gasteiger partial charge in [0.2, 0.25) is 0 Å². The monoisotopic (exact) mass is 508 g/mol. The molecule has 0 amide bonds. The lowest BCUT2D eigenvalue weighted by atomic mass is 9.99. The van der Waals surface area contributed by atoms with E-state index in [0.717, 1.165) is 6.42 Å². The molecule has 0 aromatic heterocycles. The van der Waals surface area contributed by atoms with E-state index in [9.17, 15) is 34.8 Å². The van der Waals surface area contributed by atoms with Gasteiger partial charge in [-0.15, -0.1) is 0 Å². The second kappa shape index (κ2) is 10.2. The van der Waals surface area contributed by atoms with Gasteiger partial charge in [0.15, 0.2) is 0 Å². The molecule has 188 valence electrons. The van der Waals surface area contributed by atoms with Crippen molar-refractivity contribution in [3.63, 3.8) is 0 Å². The highest BCUT2D eigenvalue weighted by molar-refractivity contribution is 7.92. The fourth-order valence-corrected chi connectivity index (χ4v) is 5.34. The summed E-state index contributed by atoms with van der Waals surface area (Å²) in [6.45, 7) is 2.30. The maximum atomic E-state index is 13.1. The molecule has 1 aliphatic rings. The van der Waals surface area contributed by atoms with Crippen LogP contribution in [0.1, 0.15) is 55.7 Å². The Morgan fingerprint density at radius 2 is 1.50 bits per heavy atom. The Bertz CT molecular complexity index is 1060. The second-order valence-electron chi connectivity index (χ2n) is 8.67. The first-order valence-electron chi connectivity index (χ1n) is 10.9. The summed E-state index contributed by atoms with van der Waals surface area (Å²) in [5.74, 6) is 0.639. The van der Waals surface area contributed by atoms with Crippen LogP contribution in [0.4, 0.5) is 32.0 Å². The molecule has 0 spiro atoms. The number of nitrogens with one attached hydrogen (secondary N) is 2. The van der Waals surface area contributed by atoms with Crippen molar-refractivity contribution in [3.8, 4) is 0 Å². The molecule has 4 nitrogen and oxygen atoms in total. The van der Waals surface area contributed by atoms with Crippen LogP contribution in [0.5, 0.6) is 0 Å². The topological polar surface area (TPSA) is 58.2 Å². The lowest BCUT2D eigenvalue weighted by Crippen LogP contribution is -2.28. The van der Waals surface area contributed by atoms with E-state index < -0.39 is 38.4 Å². The summed E-state index contributed by atoms with van der Waals surface area (Å²) in [7, 11) is -4.74. The van der Waals surface area contributed by atoms with Crippen LogP contribution in [0.2, 0.25) is 0 Å². The molecule has 2 aromatic rings. The van der Waals surface area contributed by atoms with E-state index in [1.54, 1.807) is 12.1 Å². The van der Waals surface area contributed by atoms with E-state index in [0.29, 0.717) is 11.5 Å². The zero-order chi connectivity index (χ0) is 25.1. The molecule has 0 bridgehead atoms. The number of para-hydroxylation sites is 1. The van der Waals surface area contributed by atoms with E-state index in [1.807, 2.05) is 6.92 Å². The second-order valence-corrected chi connectivity index (χ2v) is 10.4. The average molecular weight is 509 g/mol. The number of hydrogen-bond donors (Lipinski definition) is 2. The summed E-state index contributed by atoms with van der Waals surface area (Å²) in [6.07, 6.45) is -4.54. The quantitative estimate of drug-likeness (QED) is 0.396. The molecule has 1 atom stereocenters. The van der Waals surface area contributed by atoms with E-state index in [-0.39, 0.29) is 36.5 Å². The summed E-state index contributed by atoms with van der Waals surface area (Å²) in [5.41, 5.74) is -2.79. The van der Waals surface area contributed by atoms with Crippen molar-refractivity contribution in [3.05, 3.63) is 59.2 Å². The molecule has 3 rings (SSSR count). The maximum Gasteiger partial charge on any atom is 0.416 e. The molecule has 0 unspecified atom stereocenters. The molecule has 1 aliphatic carbocycles. The molecule has 34 heavy (non-hydrogen) atoms. The third-order valence-electron chi connectivity index (χ3n) is 5.94. The van der Waals surface area contributed by atoms with Gasteiger partial charge >= 0.3 is 12.4 Å². The number of alkyl halides is 6. The Morgan fingerprint density at radius 3 is 2.06 bits per heavy atom. The average Bonchev–Trinajstić information content (AvgIpc) is 3.24. The van der Waals surface area contributed by atoms with Crippen molar-refractivity contribution in [2.75, 3.05) is 4.72 Å².